The average Bonchev–Trinajstić information content (AvgIpc) is 0.722. The van der Waals surface area contributed by atoms with Crippen molar-refractivity contribution in [3.63, 3.8) is 0 Å². The van der Waals surface area contributed by atoms with E-state index in [1.807, 2.05) is 0 Å². The van der Waals surface area contributed by atoms with Gasteiger partial charge in [-0.2, -0.15) is 0 Å². The molecule has 2 N–H and O–H groups in total. The molecule has 0 saturated carbocycles. The Hall–Kier alpha value is 3.75. The van der Waals surface area contributed by atoms with Crippen molar-refractivity contribution in [3.8, 4) is 0 Å². The van der Waals surface area contributed by atoms with E-state index in [0.717, 1.165) is 0 Å². The summed E-state index contributed by atoms with van der Waals surface area (Å²) in [6.45, 7) is 0. The predicted molar refractivity (Wildman–Crippen MR) is 10.2 cm³/mol. The normalized spacial score (nSPS) is 8.57. The maximum atomic E-state index is 8.80. The topological polar surface area (TPSA) is 86.6 Å². The van der Waals surface area contributed by atoms with Gasteiger partial charge in [0.2, 0.25) is 0 Å². The molecule has 0 aliphatic carbocycles. The minimum absolute atomic E-state index is 0. The summed E-state index contributed by atoms with van der Waals surface area (Å²) in [7, 11) is -5.11. The van der Waals surface area contributed by atoms with E-state index >= 15 is 0 Å². The molecular formula is H2CsKO4Si. The number of rotatable bonds is 0. The summed E-state index contributed by atoms with van der Waals surface area (Å²) in [6.07, 6.45) is 0. The molecule has 0 saturated heterocycles. The molecule has 0 fully saturated rings. The van der Waals surface area contributed by atoms with Crippen LogP contribution in [0, 0.1) is 0 Å². The molecule has 0 aliphatic rings. The van der Waals surface area contributed by atoms with Crippen molar-refractivity contribution in [1.29, 1.82) is 0 Å². The molecule has 0 aromatic heterocycles. The molecule has 0 aliphatic heterocycles. The summed E-state index contributed by atoms with van der Waals surface area (Å²) in [5.74, 6) is 0. The molecule has 0 aromatic rings. The second-order valence-electron chi connectivity index (χ2n) is 0.548. The first-order valence-electron chi connectivity index (χ1n) is 0.855. The van der Waals surface area contributed by atoms with Crippen molar-refractivity contribution >= 4 is 9.05 Å². The molecule has 0 aromatic carbocycles. The minimum Gasteiger partial charge on any atom is -0.828 e. The van der Waals surface area contributed by atoms with Crippen LogP contribution in [0.2, 0.25) is 0 Å². The van der Waals surface area contributed by atoms with Crippen LogP contribution in [0.5, 0.6) is 0 Å². The maximum Gasteiger partial charge on any atom is 1.00 e. The third-order valence-corrected chi connectivity index (χ3v) is 0. The molecule has 32 valence electrons. The number of hydrogen-bond donors (Lipinski definition) is 2. The predicted octanol–water partition coefficient (Wildman–Crippen LogP) is -9.86. The van der Waals surface area contributed by atoms with Crippen molar-refractivity contribution < 1.29 is 139 Å². The van der Waals surface area contributed by atoms with Crippen LogP contribution in [-0.4, -0.2) is 18.6 Å². The molecule has 0 amide bonds. The number of hydrogen-bond acceptors (Lipinski definition) is 4. The van der Waals surface area contributed by atoms with E-state index in [-0.39, 0.29) is 120 Å². The molecule has 7 heteroatoms. The van der Waals surface area contributed by atoms with Gasteiger partial charge in [0, 0.05) is 0 Å². The third-order valence-electron chi connectivity index (χ3n) is 0. The Bertz CT molecular complexity index is 27.2. The van der Waals surface area contributed by atoms with Crippen LogP contribution in [0.15, 0.2) is 0 Å². The fourth-order valence-corrected chi connectivity index (χ4v) is 0. The molecule has 0 rings (SSSR count). The zero-order valence-corrected chi connectivity index (χ0v) is 14.6. The Labute approximate surface area is 144 Å². The van der Waals surface area contributed by atoms with Crippen molar-refractivity contribution in [2.75, 3.05) is 0 Å². The van der Waals surface area contributed by atoms with Gasteiger partial charge in [0.1, 0.15) is 9.05 Å². The van der Waals surface area contributed by atoms with Gasteiger partial charge in [-0.3, -0.25) is 0 Å². The minimum atomic E-state index is -5.11. The van der Waals surface area contributed by atoms with Crippen LogP contribution in [-0.2, 0) is 0 Å². The van der Waals surface area contributed by atoms with E-state index in [1.165, 1.54) is 0 Å². The third kappa shape index (κ3) is 41.7. The van der Waals surface area contributed by atoms with E-state index in [0.29, 0.717) is 0 Å². The Kier molecular flexibility index (Phi) is 19.1. The molecule has 0 bridgehead atoms. The van der Waals surface area contributed by atoms with Crippen LogP contribution in [0.4, 0.5) is 0 Å². The van der Waals surface area contributed by atoms with E-state index < -0.39 is 9.05 Å². The summed E-state index contributed by atoms with van der Waals surface area (Å²) in [5.41, 5.74) is 0. The van der Waals surface area contributed by atoms with Crippen LogP contribution in [0.1, 0.15) is 0 Å². The zero-order chi connectivity index (χ0) is 4.50. The van der Waals surface area contributed by atoms with Crippen molar-refractivity contribution in [2.24, 2.45) is 0 Å². The first kappa shape index (κ1) is 17.0. The summed E-state index contributed by atoms with van der Waals surface area (Å²) >= 11 is 0. The Morgan fingerprint density at radius 3 is 1.14 bits per heavy atom. The van der Waals surface area contributed by atoms with Gasteiger partial charge in [-0.25, -0.2) is 0 Å². The molecule has 0 spiro atoms. The molecule has 4 nitrogen and oxygen atoms in total. The molecular weight excluding hydrogens is 264 g/mol. The van der Waals surface area contributed by atoms with E-state index in [1.54, 1.807) is 0 Å². The van der Waals surface area contributed by atoms with Gasteiger partial charge in [-0.15, -0.1) is 0 Å². The molecule has 0 unspecified atom stereocenters. The molecule has 7 heavy (non-hydrogen) atoms. The summed E-state index contributed by atoms with van der Waals surface area (Å²) < 4.78 is 0. The fourth-order valence-electron chi connectivity index (χ4n) is 0. The zero-order valence-electron chi connectivity index (χ0n) is 4.21. The first-order valence-corrected chi connectivity index (χ1v) is 2.57. The summed E-state index contributed by atoms with van der Waals surface area (Å²) in [4.78, 5) is 31.8. The van der Waals surface area contributed by atoms with Crippen molar-refractivity contribution in [2.45, 2.75) is 0 Å². The summed E-state index contributed by atoms with van der Waals surface area (Å²) in [5, 5.41) is 0. The van der Waals surface area contributed by atoms with E-state index in [9.17, 15) is 0 Å². The molecule has 0 heterocycles. The quantitative estimate of drug-likeness (QED) is 0.426. The molecule has 0 atom stereocenters. The van der Waals surface area contributed by atoms with Gasteiger partial charge >= 0.3 is 120 Å². The van der Waals surface area contributed by atoms with Gasteiger partial charge in [0.15, 0.2) is 0 Å². The maximum absolute atomic E-state index is 8.80. The molecule has 0 radical (unpaired) electrons. The van der Waals surface area contributed by atoms with Crippen molar-refractivity contribution in [1.82, 2.24) is 0 Å². The van der Waals surface area contributed by atoms with E-state index in [2.05, 4.69) is 0 Å². The smallest absolute Gasteiger partial charge is 0.828 e. The second kappa shape index (κ2) is 7.85. The Morgan fingerprint density at radius 1 is 1.14 bits per heavy atom. The fraction of sp³-hybridized carbons (Fsp3) is 0. The first-order chi connectivity index (χ1) is 2.00. The van der Waals surface area contributed by atoms with Crippen LogP contribution >= 0.6 is 0 Å². The van der Waals surface area contributed by atoms with Crippen LogP contribution < -0.4 is 130 Å². The summed E-state index contributed by atoms with van der Waals surface area (Å²) in [6, 6.07) is 0. The largest absolute Gasteiger partial charge is 1.00 e. The SMILES string of the molecule is [Cs+].[K+].[O-][Si]([O-])(O)O. The second-order valence-corrected chi connectivity index (χ2v) is 1.65. The van der Waals surface area contributed by atoms with Gasteiger partial charge in [-0.1, -0.05) is 0 Å². The van der Waals surface area contributed by atoms with Gasteiger partial charge < -0.3 is 19.2 Å². The average molecular weight is 266 g/mol. The standard InChI is InChI=1S/Cs.K.H2O4Si/c;;1-5(2,3)4/h;;1-2H/q2*+1;-2. The monoisotopic (exact) mass is 266 g/mol. The van der Waals surface area contributed by atoms with Crippen molar-refractivity contribution in [3.05, 3.63) is 0 Å². The Balaban J connectivity index is -0.0000000800. The van der Waals surface area contributed by atoms with Gasteiger partial charge in [-0.05, 0) is 0 Å². The van der Waals surface area contributed by atoms with Crippen LogP contribution in [0.25, 0.3) is 0 Å². The van der Waals surface area contributed by atoms with Crippen LogP contribution in [0.3, 0.4) is 0 Å². The van der Waals surface area contributed by atoms with Gasteiger partial charge in [0.25, 0.3) is 0 Å². The van der Waals surface area contributed by atoms with E-state index in [4.69, 9.17) is 19.2 Å². The Morgan fingerprint density at radius 2 is 1.14 bits per heavy atom. The van der Waals surface area contributed by atoms with Gasteiger partial charge in [0.05, 0.1) is 0 Å².